The summed E-state index contributed by atoms with van der Waals surface area (Å²) in [6, 6.07) is 0.538. The molecule has 0 aliphatic rings. The number of unbranched alkanes of at least 4 members (excludes halogenated alkanes) is 2. The molecule has 0 amide bonds. The normalized spacial score (nSPS) is 14.1. The number of methoxy groups -OCH3 is 1. The van der Waals surface area contributed by atoms with E-state index in [1.54, 1.807) is 7.11 Å². The van der Waals surface area contributed by atoms with E-state index in [4.69, 9.17) is 4.74 Å². The average Bonchev–Trinajstić information content (AvgIpc) is 2.22. The summed E-state index contributed by atoms with van der Waals surface area (Å²) in [5.74, 6) is 1.30. The van der Waals surface area contributed by atoms with Crippen LogP contribution in [0.5, 0.6) is 0 Å². The fraction of sp³-hybridized carbons (Fsp3) is 1.00. The Balaban J connectivity index is 3.40. The highest BCUT2D eigenvalue weighted by molar-refractivity contribution is 7.98. The molecule has 0 rings (SSSR count). The van der Waals surface area contributed by atoms with E-state index in [0.717, 1.165) is 13.0 Å². The summed E-state index contributed by atoms with van der Waals surface area (Å²) in [4.78, 5) is 0. The number of nitrogens with one attached hydrogen (secondary N) is 1. The highest BCUT2D eigenvalue weighted by atomic mass is 32.2. The van der Waals surface area contributed by atoms with Crippen LogP contribution in [0, 0.1) is 0 Å². The Labute approximate surface area is 106 Å². The van der Waals surface area contributed by atoms with E-state index in [2.05, 4.69) is 32.3 Å². The summed E-state index contributed by atoms with van der Waals surface area (Å²) < 4.78 is 5.42. The van der Waals surface area contributed by atoms with Gasteiger partial charge in [0.05, 0.1) is 5.60 Å². The molecule has 0 aromatic carbocycles. The molecule has 3 heteroatoms. The lowest BCUT2D eigenvalue weighted by atomic mass is 10.00. The first-order valence-corrected chi connectivity index (χ1v) is 7.68. The highest BCUT2D eigenvalue weighted by Gasteiger charge is 2.19. The van der Waals surface area contributed by atoms with Gasteiger partial charge in [-0.2, -0.15) is 11.8 Å². The van der Waals surface area contributed by atoms with Gasteiger partial charge in [-0.3, -0.25) is 0 Å². The topological polar surface area (TPSA) is 21.3 Å². The van der Waals surface area contributed by atoms with Crippen molar-refractivity contribution in [2.75, 3.05) is 25.7 Å². The van der Waals surface area contributed by atoms with Crippen LogP contribution in [0.3, 0.4) is 0 Å². The molecule has 0 spiro atoms. The van der Waals surface area contributed by atoms with E-state index >= 15 is 0 Å². The molecule has 0 aliphatic carbocycles. The van der Waals surface area contributed by atoms with Gasteiger partial charge in [0, 0.05) is 13.2 Å². The van der Waals surface area contributed by atoms with Crippen LogP contribution in [0.15, 0.2) is 0 Å². The number of ether oxygens (including phenoxy) is 1. The van der Waals surface area contributed by atoms with Gasteiger partial charge >= 0.3 is 0 Å². The summed E-state index contributed by atoms with van der Waals surface area (Å²) in [6.07, 6.45) is 7.22. The maximum absolute atomic E-state index is 5.42. The Morgan fingerprint density at radius 1 is 1.25 bits per heavy atom. The van der Waals surface area contributed by atoms with E-state index in [1.165, 1.54) is 25.0 Å². The van der Waals surface area contributed by atoms with Gasteiger partial charge in [0.15, 0.2) is 0 Å². The first-order valence-electron chi connectivity index (χ1n) is 6.29. The van der Waals surface area contributed by atoms with Crippen molar-refractivity contribution in [1.82, 2.24) is 5.32 Å². The second-order valence-electron chi connectivity index (χ2n) is 5.08. The summed E-state index contributed by atoms with van der Waals surface area (Å²) in [7, 11) is 1.79. The Kier molecular flexibility index (Phi) is 9.47. The molecule has 0 radical (unpaired) electrons. The number of thioether (sulfide) groups is 1. The molecule has 1 atom stereocenters. The Hall–Kier alpha value is 0.270. The predicted octanol–water partition coefficient (Wildman–Crippen LogP) is 3.31. The van der Waals surface area contributed by atoms with Crippen molar-refractivity contribution in [2.24, 2.45) is 0 Å². The summed E-state index contributed by atoms with van der Waals surface area (Å²) >= 11 is 1.94. The van der Waals surface area contributed by atoms with E-state index in [0.29, 0.717) is 6.04 Å². The lowest BCUT2D eigenvalue weighted by molar-refractivity contribution is 0.00860. The molecule has 0 aromatic rings. The van der Waals surface area contributed by atoms with Crippen molar-refractivity contribution in [2.45, 2.75) is 58.1 Å². The van der Waals surface area contributed by atoms with E-state index in [1.807, 2.05) is 11.8 Å². The summed E-state index contributed by atoms with van der Waals surface area (Å²) in [5.41, 5.74) is -0.00866. The van der Waals surface area contributed by atoms with Crippen molar-refractivity contribution >= 4 is 11.8 Å². The molecule has 1 unspecified atom stereocenters. The molecule has 0 fully saturated rings. The molecule has 0 saturated heterocycles. The van der Waals surface area contributed by atoms with Gasteiger partial charge in [-0.25, -0.2) is 0 Å². The van der Waals surface area contributed by atoms with Crippen molar-refractivity contribution in [3.05, 3.63) is 0 Å². The van der Waals surface area contributed by atoms with Crippen LogP contribution in [0.2, 0.25) is 0 Å². The maximum atomic E-state index is 5.42. The van der Waals surface area contributed by atoms with E-state index < -0.39 is 0 Å². The van der Waals surface area contributed by atoms with Crippen LogP contribution in [0.4, 0.5) is 0 Å². The Morgan fingerprint density at radius 3 is 2.50 bits per heavy atom. The molecule has 0 aromatic heterocycles. The lowest BCUT2D eigenvalue weighted by Gasteiger charge is -2.27. The summed E-state index contributed by atoms with van der Waals surface area (Å²) in [5, 5.41) is 3.56. The predicted molar refractivity (Wildman–Crippen MR) is 75.4 cm³/mol. The van der Waals surface area contributed by atoms with Gasteiger partial charge in [0.1, 0.15) is 0 Å². The van der Waals surface area contributed by atoms with Crippen molar-refractivity contribution in [1.29, 1.82) is 0 Å². The number of hydrogen-bond acceptors (Lipinski definition) is 3. The van der Waals surface area contributed by atoms with Crippen LogP contribution >= 0.6 is 11.8 Å². The maximum Gasteiger partial charge on any atom is 0.0637 e. The second-order valence-corrected chi connectivity index (χ2v) is 6.06. The minimum Gasteiger partial charge on any atom is -0.379 e. The fourth-order valence-corrected chi connectivity index (χ4v) is 2.28. The van der Waals surface area contributed by atoms with Crippen molar-refractivity contribution < 1.29 is 4.74 Å². The van der Waals surface area contributed by atoms with Crippen LogP contribution in [-0.2, 0) is 4.74 Å². The van der Waals surface area contributed by atoms with Crippen LogP contribution in [0.1, 0.15) is 46.5 Å². The van der Waals surface area contributed by atoms with Gasteiger partial charge in [0.25, 0.3) is 0 Å². The number of rotatable bonds is 10. The minimum absolute atomic E-state index is 0.00866. The van der Waals surface area contributed by atoms with Crippen LogP contribution in [0.25, 0.3) is 0 Å². The molecule has 0 aliphatic heterocycles. The van der Waals surface area contributed by atoms with Gasteiger partial charge < -0.3 is 10.1 Å². The standard InChI is InChI=1S/C13H29NOS/c1-12(11-13(2,3)15-4)14-9-7-6-8-10-16-5/h12,14H,6-11H2,1-5H3. The zero-order valence-corrected chi connectivity index (χ0v) is 12.5. The van der Waals surface area contributed by atoms with Gasteiger partial charge in [0.2, 0.25) is 0 Å². The molecular formula is C13H29NOS. The molecular weight excluding hydrogens is 218 g/mol. The van der Waals surface area contributed by atoms with Crippen LogP contribution in [-0.4, -0.2) is 37.3 Å². The monoisotopic (exact) mass is 247 g/mol. The van der Waals surface area contributed by atoms with Crippen molar-refractivity contribution in [3.8, 4) is 0 Å². The largest absolute Gasteiger partial charge is 0.379 e. The zero-order chi connectivity index (χ0) is 12.4. The quantitative estimate of drug-likeness (QED) is 0.598. The van der Waals surface area contributed by atoms with Gasteiger partial charge in [-0.05, 0) is 58.6 Å². The van der Waals surface area contributed by atoms with Crippen LogP contribution < -0.4 is 5.32 Å². The second kappa shape index (κ2) is 9.32. The third kappa shape index (κ3) is 9.49. The van der Waals surface area contributed by atoms with Gasteiger partial charge in [-0.15, -0.1) is 0 Å². The highest BCUT2D eigenvalue weighted by Crippen LogP contribution is 2.15. The average molecular weight is 247 g/mol. The molecule has 16 heavy (non-hydrogen) atoms. The summed E-state index contributed by atoms with van der Waals surface area (Å²) in [6.45, 7) is 7.66. The molecule has 0 saturated carbocycles. The smallest absolute Gasteiger partial charge is 0.0637 e. The third-order valence-corrected chi connectivity index (χ3v) is 3.57. The van der Waals surface area contributed by atoms with Crippen molar-refractivity contribution in [3.63, 3.8) is 0 Å². The minimum atomic E-state index is -0.00866. The van der Waals surface area contributed by atoms with E-state index in [-0.39, 0.29) is 5.60 Å². The SMILES string of the molecule is COC(C)(C)CC(C)NCCCCCSC. The first-order chi connectivity index (χ1) is 7.52. The fourth-order valence-electron chi connectivity index (χ4n) is 1.79. The molecule has 98 valence electrons. The third-order valence-electron chi connectivity index (χ3n) is 2.87. The molecule has 2 nitrogen and oxygen atoms in total. The zero-order valence-electron chi connectivity index (χ0n) is 11.6. The molecule has 0 bridgehead atoms. The van der Waals surface area contributed by atoms with Gasteiger partial charge in [-0.1, -0.05) is 6.42 Å². The lowest BCUT2D eigenvalue weighted by Crippen LogP contribution is -2.36. The Bertz CT molecular complexity index is 162. The molecule has 1 N–H and O–H groups in total. The molecule has 0 heterocycles. The van der Waals surface area contributed by atoms with E-state index in [9.17, 15) is 0 Å². The first kappa shape index (κ1) is 16.3. The number of hydrogen-bond donors (Lipinski definition) is 1. The Morgan fingerprint density at radius 2 is 1.94 bits per heavy atom.